The van der Waals surface area contributed by atoms with Crippen LogP contribution in [0, 0.1) is 0 Å². The molecule has 0 atom stereocenters. The molecule has 17 heavy (non-hydrogen) atoms. The molecule has 0 spiro atoms. The minimum Gasteiger partial charge on any atom is -0.443 e. The minimum atomic E-state index is -0.498. The molecular formula is C12H17Br2NO2. The largest absolute Gasteiger partial charge is 0.443 e. The molecule has 0 aromatic carbocycles. The van der Waals surface area contributed by atoms with Gasteiger partial charge in [0.15, 0.2) is 0 Å². The fourth-order valence-electron chi connectivity index (χ4n) is 1.49. The third-order valence-electron chi connectivity index (χ3n) is 2.07. The zero-order valence-electron chi connectivity index (χ0n) is 10.7. The van der Waals surface area contributed by atoms with Crippen LogP contribution in [0.15, 0.2) is 15.1 Å². The SMILES string of the molecule is CC(C)c1c(Br)cc(Br)n1C(=O)OC(C)(C)C. The molecular weight excluding hydrogens is 350 g/mol. The van der Waals surface area contributed by atoms with Gasteiger partial charge in [0, 0.05) is 10.2 Å². The van der Waals surface area contributed by atoms with E-state index in [1.54, 1.807) is 4.57 Å². The average Bonchev–Trinajstić information content (AvgIpc) is 2.37. The van der Waals surface area contributed by atoms with Crippen LogP contribution in [-0.2, 0) is 4.74 Å². The Morgan fingerprint density at radius 3 is 2.29 bits per heavy atom. The zero-order valence-corrected chi connectivity index (χ0v) is 13.8. The van der Waals surface area contributed by atoms with Crippen molar-refractivity contribution >= 4 is 38.0 Å². The van der Waals surface area contributed by atoms with Gasteiger partial charge in [-0.2, -0.15) is 0 Å². The summed E-state index contributed by atoms with van der Waals surface area (Å²) in [4.78, 5) is 12.1. The van der Waals surface area contributed by atoms with Crippen molar-refractivity contribution in [3.8, 4) is 0 Å². The number of nitrogens with zero attached hydrogens (tertiary/aromatic N) is 1. The molecule has 1 aromatic rings. The summed E-state index contributed by atoms with van der Waals surface area (Å²) in [5.74, 6) is 0.225. The lowest BCUT2D eigenvalue weighted by Crippen LogP contribution is -2.28. The van der Waals surface area contributed by atoms with Crippen LogP contribution in [-0.4, -0.2) is 16.3 Å². The molecule has 1 rings (SSSR count). The van der Waals surface area contributed by atoms with E-state index in [9.17, 15) is 4.79 Å². The van der Waals surface area contributed by atoms with Gasteiger partial charge in [-0.25, -0.2) is 9.36 Å². The van der Waals surface area contributed by atoms with Crippen molar-refractivity contribution in [3.63, 3.8) is 0 Å². The highest BCUT2D eigenvalue weighted by Gasteiger charge is 2.24. The van der Waals surface area contributed by atoms with Crippen LogP contribution >= 0.6 is 31.9 Å². The number of aromatic nitrogens is 1. The van der Waals surface area contributed by atoms with Crippen LogP contribution in [0.25, 0.3) is 0 Å². The second kappa shape index (κ2) is 5.14. The maximum atomic E-state index is 12.1. The maximum Gasteiger partial charge on any atom is 0.419 e. The van der Waals surface area contributed by atoms with Gasteiger partial charge in [-0.1, -0.05) is 13.8 Å². The molecule has 0 radical (unpaired) electrons. The quantitative estimate of drug-likeness (QED) is 0.706. The Morgan fingerprint density at radius 2 is 1.88 bits per heavy atom. The standard InChI is InChI=1S/C12H17Br2NO2/c1-7(2)10-8(13)6-9(14)15(10)11(16)17-12(3,4)5/h6-7H,1-5H3. The molecule has 0 saturated carbocycles. The third-order valence-corrected chi connectivity index (χ3v) is 3.29. The van der Waals surface area contributed by atoms with Gasteiger partial charge in [0.25, 0.3) is 0 Å². The van der Waals surface area contributed by atoms with E-state index in [1.165, 1.54) is 0 Å². The highest BCUT2D eigenvalue weighted by molar-refractivity contribution is 9.11. The summed E-state index contributed by atoms with van der Waals surface area (Å²) < 4.78 is 8.54. The fourth-order valence-corrected chi connectivity index (χ4v) is 3.22. The Kier molecular flexibility index (Phi) is 4.47. The van der Waals surface area contributed by atoms with Gasteiger partial charge in [0.05, 0.1) is 4.60 Å². The first-order valence-electron chi connectivity index (χ1n) is 5.43. The Hall–Kier alpha value is -0.290. The second-order valence-corrected chi connectivity index (χ2v) is 6.84. The lowest BCUT2D eigenvalue weighted by Gasteiger charge is -2.21. The van der Waals surface area contributed by atoms with Crippen LogP contribution in [0.1, 0.15) is 46.2 Å². The molecule has 0 saturated heterocycles. The first-order valence-corrected chi connectivity index (χ1v) is 7.02. The van der Waals surface area contributed by atoms with Crippen molar-refractivity contribution < 1.29 is 9.53 Å². The number of hydrogen-bond donors (Lipinski definition) is 0. The molecule has 1 heterocycles. The molecule has 96 valence electrons. The second-order valence-electron chi connectivity index (χ2n) is 5.17. The lowest BCUT2D eigenvalue weighted by atomic mass is 10.1. The van der Waals surface area contributed by atoms with E-state index >= 15 is 0 Å². The molecule has 0 aliphatic carbocycles. The van der Waals surface area contributed by atoms with Crippen molar-refractivity contribution in [3.05, 3.63) is 20.8 Å². The topological polar surface area (TPSA) is 31.2 Å². The zero-order chi connectivity index (χ0) is 13.4. The summed E-state index contributed by atoms with van der Waals surface area (Å²) in [5, 5.41) is 0. The van der Waals surface area contributed by atoms with E-state index in [2.05, 4.69) is 31.9 Å². The molecule has 0 aliphatic rings. The van der Waals surface area contributed by atoms with Gasteiger partial charge >= 0.3 is 6.09 Å². The molecule has 5 heteroatoms. The van der Waals surface area contributed by atoms with Crippen molar-refractivity contribution in [1.82, 2.24) is 4.57 Å². The monoisotopic (exact) mass is 365 g/mol. The minimum absolute atomic E-state index is 0.225. The molecule has 3 nitrogen and oxygen atoms in total. The number of hydrogen-bond acceptors (Lipinski definition) is 2. The first kappa shape index (κ1) is 14.8. The van der Waals surface area contributed by atoms with E-state index in [0.29, 0.717) is 4.60 Å². The third kappa shape index (κ3) is 3.58. The van der Waals surface area contributed by atoms with Crippen LogP contribution in [0.2, 0.25) is 0 Å². The predicted molar refractivity (Wildman–Crippen MR) is 75.6 cm³/mol. The van der Waals surface area contributed by atoms with Gasteiger partial charge in [0.1, 0.15) is 5.60 Å². The summed E-state index contributed by atoms with van der Waals surface area (Å²) in [5.41, 5.74) is 0.410. The van der Waals surface area contributed by atoms with Crippen LogP contribution in [0.3, 0.4) is 0 Å². The van der Waals surface area contributed by atoms with Gasteiger partial charge in [-0.05, 0) is 64.6 Å². The highest BCUT2D eigenvalue weighted by atomic mass is 79.9. The smallest absolute Gasteiger partial charge is 0.419 e. The fraction of sp³-hybridized carbons (Fsp3) is 0.583. The summed E-state index contributed by atoms with van der Waals surface area (Å²) in [6.45, 7) is 9.63. The van der Waals surface area contributed by atoms with Gasteiger partial charge in [-0.15, -0.1) is 0 Å². The Morgan fingerprint density at radius 1 is 1.35 bits per heavy atom. The molecule has 0 fully saturated rings. The number of carbonyl (C=O) groups is 1. The van der Waals surface area contributed by atoms with E-state index in [4.69, 9.17) is 4.74 Å². The molecule has 0 unspecified atom stereocenters. The summed E-state index contributed by atoms with van der Waals surface area (Å²) in [7, 11) is 0. The Balaban J connectivity index is 3.17. The summed E-state index contributed by atoms with van der Waals surface area (Å²) in [6, 6.07) is 1.86. The average molecular weight is 367 g/mol. The number of carbonyl (C=O) groups excluding carboxylic acids is 1. The Labute approximate surface area is 119 Å². The Bertz CT molecular complexity index is 430. The normalized spacial score (nSPS) is 12.0. The van der Waals surface area contributed by atoms with E-state index < -0.39 is 5.60 Å². The molecule has 1 aromatic heterocycles. The number of rotatable bonds is 1. The van der Waals surface area contributed by atoms with Crippen LogP contribution in [0.5, 0.6) is 0 Å². The predicted octanol–water partition coefficient (Wildman–Crippen LogP) is 4.92. The van der Waals surface area contributed by atoms with Gasteiger partial charge in [-0.3, -0.25) is 0 Å². The van der Waals surface area contributed by atoms with Crippen molar-refractivity contribution in [1.29, 1.82) is 0 Å². The van der Waals surface area contributed by atoms with Crippen LogP contribution in [0.4, 0.5) is 4.79 Å². The van der Waals surface area contributed by atoms with E-state index in [1.807, 2.05) is 40.7 Å². The number of halogens is 2. The van der Waals surface area contributed by atoms with Crippen molar-refractivity contribution in [2.75, 3.05) is 0 Å². The van der Waals surface area contributed by atoms with Crippen molar-refractivity contribution in [2.24, 2.45) is 0 Å². The van der Waals surface area contributed by atoms with E-state index in [0.717, 1.165) is 10.2 Å². The summed E-state index contributed by atoms with van der Waals surface area (Å²) in [6.07, 6.45) is -0.362. The van der Waals surface area contributed by atoms with E-state index in [-0.39, 0.29) is 12.0 Å². The van der Waals surface area contributed by atoms with Gasteiger partial charge in [0.2, 0.25) is 0 Å². The first-order chi connectivity index (χ1) is 7.63. The molecule has 0 aliphatic heterocycles. The van der Waals surface area contributed by atoms with Gasteiger partial charge < -0.3 is 4.74 Å². The number of ether oxygens (including phenoxy) is 1. The molecule has 0 amide bonds. The van der Waals surface area contributed by atoms with Crippen LogP contribution < -0.4 is 0 Å². The maximum absolute atomic E-state index is 12.1. The lowest BCUT2D eigenvalue weighted by molar-refractivity contribution is 0.0528. The highest BCUT2D eigenvalue weighted by Crippen LogP contribution is 2.32. The van der Waals surface area contributed by atoms with Crippen molar-refractivity contribution in [2.45, 2.75) is 46.1 Å². The summed E-state index contributed by atoms with van der Waals surface area (Å²) >= 11 is 6.83. The molecule has 0 N–H and O–H groups in total. The molecule has 0 bridgehead atoms.